The van der Waals surface area contributed by atoms with Crippen molar-refractivity contribution < 1.29 is 8.42 Å². The number of thiazole rings is 1. The number of anilines is 1. The van der Waals surface area contributed by atoms with Crippen LogP contribution in [0, 0.1) is 0 Å². The number of nitrogens with one attached hydrogen (secondary N) is 2. The number of halogens is 1. The number of thioether (sulfide) groups is 1. The molecule has 0 spiro atoms. The summed E-state index contributed by atoms with van der Waals surface area (Å²) in [6.45, 7) is 4.69. The molecule has 8 nitrogen and oxygen atoms in total. The third kappa shape index (κ3) is 8.30. The minimum absolute atomic E-state index is 0. The van der Waals surface area contributed by atoms with Crippen molar-refractivity contribution in [3.63, 3.8) is 0 Å². The second kappa shape index (κ2) is 12.3. The van der Waals surface area contributed by atoms with E-state index in [1.165, 1.54) is 0 Å². The van der Waals surface area contributed by atoms with Crippen LogP contribution in [-0.2, 0) is 16.6 Å². The molecule has 0 amide bonds. The Balaban J connectivity index is 0.00000364. The zero-order chi connectivity index (χ0) is 19.0. The second-order valence-electron chi connectivity index (χ2n) is 5.97. The van der Waals surface area contributed by atoms with Gasteiger partial charge >= 0.3 is 0 Å². The van der Waals surface area contributed by atoms with E-state index in [4.69, 9.17) is 0 Å². The van der Waals surface area contributed by atoms with E-state index in [0.717, 1.165) is 22.3 Å². The molecular weight excluding hydrogens is 519 g/mol. The van der Waals surface area contributed by atoms with Crippen molar-refractivity contribution in [1.29, 1.82) is 0 Å². The van der Waals surface area contributed by atoms with Gasteiger partial charge in [0.05, 0.1) is 18.0 Å². The molecule has 1 aliphatic heterocycles. The van der Waals surface area contributed by atoms with Gasteiger partial charge in [0.1, 0.15) is 0 Å². The summed E-state index contributed by atoms with van der Waals surface area (Å²) in [5.74, 6) is 2.43. The van der Waals surface area contributed by atoms with Crippen LogP contribution in [0.4, 0.5) is 5.13 Å². The molecule has 12 heteroatoms. The zero-order valence-corrected chi connectivity index (χ0v) is 20.8. The van der Waals surface area contributed by atoms with Gasteiger partial charge in [0.25, 0.3) is 0 Å². The fourth-order valence-electron chi connectivity index (χ4n) is 2.33. The van der Waals surface area contributed by atoms with Crippen molar-refractivity contribution in [3.05, 3.63) is 11.1 Å². The summed E-state index contributed by atoms with van der Waals surface area (Å²) in [5.41, 5.74) is 0.898. The third-order valence-electron chi connectivity index (χ3n) is 3.68. The Morgan fingerprint density at radius 1 is 1.33 bits per heavy atom. The van der Waals surface area contributed by atoms with Gasteiger partial charge in [-0.2, -0.15) is 11.8 Å². The first-order valence-corrected chi connectivity index (χ1v) is 12.3. The molecule has 0 aliphatic carbocycles. The molecule has 1 aliphatic rings. The van der Waals surface area contributed by atoms with Crippen LogP contribution in [0.15, 0.2) is 10.4 Å². The molecule has 0 saturated carbocycles. The molecule has 0 radical (unpaired) electrons. The number of aromatic nitrogens is 1. The summed E-state index contributed by atoms with van der Waals surface area (Å²) in [6.07, 6.45) is 0. The monoisotopic (exact) mass is 548 g/mol. The second-order valence-corrected chi connectivity index (χ2v) is 10.1. The molecule has 1 saturated heterocycles. The quantitative estimate of drug-likeness (QED) is 0.287. The Morgan fingerprint density at radius 2 is 2.04 bits per heavy atom. The van der Waals surface area contributed by atoms with E-state index < -0.39 is 10.0 Å². The lowest BCUT2D eigenvalue weighted by Gasteiger charge is -2.25. The summed E-state index contributed by atoms with van der Waals surface area (Å²) in [6, 6.07) is 0. The van der Waals surface area contributed by atoms with Gasteiger partial charge in [0.2, 0.25) is 10.0 Å². The maximum Gasteiger partial charge on any atom is 0.215 e. The fourth-order valence-corrected chi connectivity index (χ4v) is 5.57. The Morgan fingerprint density at radius 3 is 2.63 bits per heavy atom. The SMILES string of the molecule is CCNC(=NCc1csc(N(C)C)n1)NCCS(=O)(=O)N1CCSCC1.I. The van der Waals surface area contributed by atoms with Crippen molar-refractivity contribution >= 4 is 68.2 Å². The lowest BCUT2D eigenvalue weighted by atomic mass is 10.5. The first-order valence-electron chi connectivity index (χ1n) is 8.62. The van der Waals surface area contributed by atoms with Gasteiger partial charge in [-0.25, -0.2) is 22.7 Å². The molecule has 2 rings (SSSR count). The first-order chi connectivity index (χ1) is 12.4. The normalized spacial score (nSPS) is 15.9. The van der Waals surface area contributed by atoms with Crippen LogP contribution >= 0.6 is 47.1 Å². The molecule has 27 heavy (non-hydrogen) atoms. The first kappa shape index (κ1) is 24.7. The Labute approximate surface area is 187 Å². The highest BCUT2D eigenvalue weighted by molar-refractivity contribution is 14.0. The van der Waals surface area contributed by atoms with Crippen molar-refractivity contribution in [2.45, 2.75) is 13.5 Å². The highest BCUT2D eigenvalue weighted by Gasteiger charge is 2.23. The van der Waals surface area contributed by atoms with E-state index in [9.17, 15) is 8.42 Å². The molecule has 0 aromatic carbocycles. The molecule has 1 fully saturated rings. The van der Waals surface area contributed by atoms with Gasteiger partial charge in [0.15, 0.2) is 11.1 Å². The molecule has 1 aromatic rings. The van der Waals surface area contributed by atoms with Crippen molar-refractivity contribution in [2.24, 2.45) is 4.99 Å². The number of sulfonamides is 1. The number of hydrogen-bond acceptors (Lipinski definition) is 7. The predicted octanol–water partition coefficient (Wildman–Crippen LogP) is 1.26. The summed E-state index contributed by atoms with van der Waals surface area (Å²) in [7, 11) is 0.706. The van der Waals surface area contributed by atoms with Crippen LogP contribution in [0.3, 0.4) is 0 Å². The van der Waals surface area contributed by atoms with Gasteiger partial charge < -0.3 is 15.5 Å². The minimum Gasteiger partial charge on any atom is -0.357 e. The lowest BCUT2D eigenvalue weighted by Crippen LogP contribution is -2.44. The van der Waals surface area contributed by atoms with Gasteiger partial charge in [-0.3, -0.25) is 0 Å². The van der Waals surface area contributed by atoms with Crippen LogP contribution in [-0.4, -0.2) is 81.2 Å². The fraction of sp³-hybridized carbons (Fsp3) is 0.733. The average Bonchev–Trinajstić information content (AvgIpc) is 3.10. The lowest BCUT2D eigenvalue weighted by molar-refractivity contribution is 0.443. The summed E-state index contributed by atoms with van der Waals surface area (Å²) >= 11 is 3.38. The summed E-state index contributed by atoms with van der Waals surface area (Å²) < 4.78 is 26.3. The standard InChI is InChI=1S/C15H28N6O2S3.HI/c1-4-16-14(18-11-13-12-25-15(19-13)20(2)3)17-5-10-26(22,23)21-6-8-24-9-7-21;/h12H,4-11H2,1-3H3,(H2,16,17,18);1H. The molecule has 0 bridgehead atoms. The Hall–Kier alpha value is -0.310. The summed E-state index contributed by atoms with van der Waals surface area (Å²) in [4.78, 5) is 11.0. The Kier molecular flexibility index (Phi) is 11.3. The van der Waals surface area contributed by atoms with Gasteiger partial charge in [-0.05, 0) is 6.92 Å². The number of nitrogens with zero attached hydrogens (tertiary/aromatic N) is 4. The summed E-state index contributed by atoms with van der Waals surface area (Å²) in [5, 5.41) is 9.18. The topological polar surface area (TPSA) is 89.9 Å². The maximum atomic E-state index is 12.4. The van der Waals surface area contributed by atoms with Crippen LogP contribution < -0.4 is 15.5 Å². The van der Waals surface area contributed by atoms with Crippen LogP contribution in [0.2, 0.25) is 0 Å². The highest BCUT2D eigenvalue weighted by atomic mass is 127. The van der Waals surface area contributed by atoms with E-state index in [0.29, 0.717) is 38.7 Å². The molecule has 0 unspecified atom stereocenters. The largest absolute Gasteiger partial charge is 0.357 e. The van der Waals surface area contributed by atoms with E-state index in [1.807, 2.05) is 31.3 Å². The highest BCUT2D eigenvalue weighted by Crippen LogP contribution is 2.18. The maximum absolute atomic E-state index is 12.4. The molecule has 156 valence electrons. The molecule has 0 atom stereocenters. The van der Waals surface area contributed by atoms with Gasteiger partial charge in [-0.1, -0.05) is 0 Å². The van der Waals surface area contributed by atoms with Gasteiger partial charge in [-0.15, -0.1) is 35.3 Å². The van der Waals surface area contributed by atoms with E-state index in [-0.39, 0.29) is 29.7 Å². The van der Waals surface area contributed by atoms with Crippen LogP contribution in [0.25, 0.3) is 0 Å². The predicted molar refractivity (Wildman–Crippen MR) is 127 cm³/mol. The van der Waals surface area contributed by atoms with E-state index >= 15 is 0 Å². The molecule has 2 heterocycles. The van der Waals surface area contributed by atoms with Crippen LogP contribution in [0.1, 0.15) is 12.6 Å². The molecule has 2 N–H and O–H groups in total. The van der Waals surface area contributed by atoms with Crippen LogP contribution in [0.5, 0.6) is 0 Å². The smallest absolute Gasteiger partial charge is 0.215 e. The third-order valence-corrected chi connectivity index (χ3v) is 7.55. The van der Waals surface area contributed by atoms with Crippen molar-refractivity contribution in [1.82, 2.24) is 19.9 Å². The molecular formula is C15H29IN6O2S3. The van der Waals surface area contributed by atoms with Crippen molar-refractivity contribution in [3.8, 4) is 0 Å². The van der Waals surface area contributed by atoms with E-state index in [1.54, 1.807) is 27.4 Å². The Bertz CT molecular complexity index is 689. The van der Waals surface area contributed by atoms with Gasteiger partial charge in [0, 0.05) is 57.2 Å². The number of hydrogen-bond donors (Lipinski definition) is 2. The number of guanidine groups is 1. The minimum atomic E-state index is -3.21. The van der Waals surface area contributed by atoms with Crippen molar-refractivity contribution in [2.75, 3.05) is 62.4 Å². The average molecular weight is 549 g/mol. The zero-order valence-electron chi connectivity index (χ0n) is 16.0. The number of aliphatic imine (C=N–C) groups is 1. The number of rotatable bonds is 8. The van der Waals surface area contributed by atoms with E-state index in [2.05, 4.69) is 20.6 Å². The molecule has 1 aromatic heterocycles.